The van der Waals surface area contributed by atoms with Crippen LogP contribution in [0.2, 0.25) is 0 Å². The molecule has 0 saturated carbocycles. The first-order chi connectivity index (χ1) is 16.5. The van der Waals surface area contributed by atoms with Crippen LogP contribution < -0.4 is 14.8 Å². The first kappa shape index (κ1) is 23.3. The van der Waals surface area contributed by atoms with Crippen LogP contribution >= 0.6 is 11.3 Å². The molecule has 0 spiro atoms. The monoisotopic (exact) mass is 476 g/mol. The third kappa shape index (κ3) is 4.87. The molecule has 2 heterocycles. The van der Waals surface area contributed by atoms with Crippen molar-refractivity contribution >= 4 is 34.1 Å². The molecule has 2 aromatic heterocycles. The highest BCUT2D eigenvalue weighted by Gasteiger charge is 2.22. The minimum atomic E-state index is -0.503. The Bertz CT molecular complexity index is 1320. The fraction of sp³-hybridized carbons (Fsp3) is 0.192. The summed E-state index contributed by atoms with van der Waals surface area (Å²) in [5, 5.41) is 5.63. The predicted octanol–water partition coefficient (Wildman–Crippen LogP) is 5.01. The summed E-state index contributed by atoms with van der Waals surface area (Å²) in [5.41, 5.74) is 2.54. The third-order valence-corrected chi connectivity index (χ3v) is 6.42. The number of hydrogen-bond donors (Lipinski definition) is 1. The molecule has 34 heavy (non-hydrogen) atoms. The topological polar surface area (TPSA) is 86.8 Å². The summed E-state index contributed by atoms with van der Waals surface area (Å²) in [5.74, 6) is 0.468. The van der Waals surface area contributed by atoms with Crippen molar-refractivity contribution in [2.75, 3.05) is 21.3 Å². The zero-order valence-electron chi connectivity index (χ0n) is 19.0. The minimum Gasteiger partial charge on any atom is -0.493 e. The van der Waals surface area contributed by atoms with E-state index in [4.69, 9.17) is 19.2 Å². The summed E-state index contributed by atoms with van der Waals surface area (Å²) < 4.78 is 15.6. The highest BCUT2D eigenvalue weighted by molar-refractivity contribution is 7.10. The zero-order chi connectivity index (χ0) is 24.1. The van der Waals surface area contributed by atoms with Gasteiger partial charge in [-0.05, 0) is 41.8 Å². The molecule has 1 N–H and O–H groups in total. The molecule has 0 aliphatic carbocycles. The van der Waals surface area contributed by atoms with Crippen LogP contribution in [0, 0.1) is 0 Å². The second kappa shape index (κ2) is 10.4. The van der Waals surface area contributed by atoms with E-state index in [0.29, 0.717) is 33.7 Å². The maximum absolute atomic E-state index is 13.5. The van der Waals surface area contributed by atoms with Crippen molar-refractivity contribution in [1.29, 1.82) is 0 Å². The second-order valence-electron chi connectivity index (χ2n) is 7.46. The molecule has 0 bridgehead atoms. The Hall–Kier alpha value is -3.91. The smallest absolute Gasteiger partial charge is 0.307 e. The number of hydrogen-bond acceptors (Lipinski definition) is 7. The first-order valence-corrected chi connectivity index (χ1v) is 11.4. The number of fused-ring (bicyclic) bond motifs is 1. The Balaban J connectivity index is 1.76. The Labute approximate surface area is 201 Å². The molecule has 1 atom stereocenters. The van der Waals surface area contributed by atoms with Crippen LogP contribution in [0.1, 0.15) is 27.7 Å². The van der Waals surface area contributed by atoms with Gasteiger partial charge in [0.2, 0.25) is 0 Å². The number of thiophene rings is 1. The van der Waals surface area contributed by atoms with E-state index in [1.165, 1.54) is 18.4 Å². The van der Waals surface area contributed by atoms with E-state index in [1.54, 1.807) is 26.4 Å². The van der Waals surface area contributed by atoms with Crippen LogP contribution in [-0.4, -0.2) is 38.2 Å². The lowest BCUT2D eigenvalue weighted by molar-refractivity contribution is -0.141. The molecular weight excluding hydrogens is 452 g/mol. The zero-order valence-corrected chi connectivity index (χ0v) is 19.8. The molecule has 0 aliphatic rings. The average Bonchev–Trinajstić information content (AvgIpc) is 3.42. The molecule has 1 amide bonds. The Morgan fingerprint density at radius 3 is 2.47 bits per heavy atom. The highest BCUT2D eigenvalue weighted by Crippen LogP contribution is 2.33. The molecule has 0 radical (unpaired) electrons. The van der Waals surface area contributed by atoms with E-state index in [2.05, 4.69) is 5.32 Å². The van der Waals surface area contributed by atoms with Gasteiger partial charge in [-0.3, -0.25) is 9.59 Å². The summed E-state index contributed by atoms with van der Waals surface area (Å²) in [6, 6.07) is 18.0. The van der Waals surface area contributed by atoms with E-state index < -0.39 is 12.0 Å². The van der Waals surface area contributed by atoms with Crippen molar-refractivity contribution < 1.29 is 23.8 Å². The molecule has 0 aliphatic heterocycles. The summed E-state index contributed by atoms with van der Waals surface area (Å²) in [7, 11) is 4.48. The lowest BCUT2D eigenvalue weighted by Crippen LogP contribution is -2.30. The SMILES string of the molecule is COC(=O)C[C@@H](NC(=O)c1cc(-c2ccc(OC)c(OC)c2)nc2ccccc12)c1cccs1. The van der Waals surface area contributed by atoms with Gasteiger partial charge >= 0.3 is 5.97 Å². The van der Waals surface area contributed by atoms with Gasteiger partial charge < -0.3 is 19.5 Å². The van der Waals surface area contributed by atoms with Crippen molar-refractivity contribution in [2.24, 2.45) is 0 Å². The van der Waals surface area contributed by atoms with Gasteiger partial charge in [0, 0.05) is 15.8 Å². The maximum Gasteiger partial charge on any atom is 0.307 e. The number of esters is 1. The number of benzene rings is 2. The van der Waals surface area contributed by atoms with Crippen molar-refractivity contribution in [3.8, 4) is 22.8 Å². The summed E-state index contributed by atoms with van der Waals surface area (Å²) >= 11 is 1.47. The number of methoxy groups -OCH3 is 3. The summed E-state index contributed by atoms with van der Waals surface area (Å²) in [4.78, 5) is 31.1. The van der Waals surface area contributed by atoms with E-state index in [0.717, 1.165) is 10.4 Å². The van der Waals surface area contributed by atoms with Gasteiger partial charge in [0.1, 0.15) is 0 Å². The number of carbonyl (C=O) groups is 2. The van der Waals surface area contributed by atoms with Crippen LogP contribution in [-0.2, 0) is 9.53 Å². The number of nitrogens with one attached hydrogen (secondary N) is 1. The molecule has 4 aromatic rings. The van der Waals surface area contributed by atoms with Crippen molar-refractivity contribution in [1.82, 2.24) is 10.3 Å². The van der Waals surface area contributed by atoms with Crippen molar-refractivity contribution in [3.63, 3.8) is 0 Å². The quantitative estimate of drug-likeness (QED) is 0.360. The number of para-hydroxylation sites is 1. The number of amides is 1. The van der Waals surface area contributed by atoms with Gasteiger partial charge in [0.25, 0.3) is 5.91 Å². The Morgan fingerprint density at radius 2 is 1.76 bits per heavy atom. The standard InChI is InChI=1S/C26H24N2O5S/c1-31-22-11-10-16(13-23(22)32-2)20-14-18(17-7-4-5-8-19(17)27-20)26(30)28-21(15-25(29)33-3)24-9-6-12-34-24/h4-14,21H,15H2,1-3H3,(H,28,30)/t21-/m1/s1. The van der Waals surface area contributed by atoms with Gasteiger partial charge in [-0.15, -0.1) is 11.3 Å². The van der Waals surface area contributed by atoms with Gasteiger partial charge in [-0.2, -0.15) is 0 Å². The van der Waals surface area contributed by atoms with E-state index in [-0.39, 0.29) is 12.3 Å². The number of rotatable bonds is 8. The number of nitrogens with zero attached hydrogens (tertiary/aromatic N) is 1. The lowest BCUT2D eigenvalue weighted by atomic mass is 10.0. The minimum absolute atomic E-state index is 0.0360. The molecule has 7 nitrogen and oxygen atoms in total. The predicted molar refractivity (Wildman–Crippen MR) is 131 cm³/mol. The number of carbonyl (C=O) groups excluding carboxylic acids is 2. The van der Waals surface area contributed by atoms with E-state index in [1.807, 2.05) is 53.9 Å². The summed E-state index contributed by atoms with van der Waals surface area (Å²) in [6.07, 6.45) is 0.0360. The second-order valence-corrected chi connectivity index (χ2v) is 8.44. The number of pyridine rings is 1. The maximum atomic E-state index is 13.5. The van der Waals surface area contributed by atoms with Gasteiger partial charge in [0.15, 0.2) is 11.5 Å². The fourth-order valence-electron chi connectivity index (χ4n) is 3.70. The number of ether oxygens (including phenoxy) is 3. The normalized spacial score (nSPS) is 11.6. The van der Waals surface area contributed by atoms with Crippen LogP contribution in [0.15, 0.2) is 66.0 Å². The van der Waals surface area contributed by atoms with Crippen LogP contribution in [0.25, 0.3) is 22.2 Å². The van der Waals surface area contributed by atoms with Gasteiger partial charge in [-0.25, -0.2) is 4.98 Å². The van der Waals surface area contributed by atoms with Crippen molar-refractivity contribution in [3.05, 3.63) is 76.5 Å². The highest BCUT2D eigenvalue weighted by atomic mass is 32.1. The van der Waals surface area contributed by atoms with E-state index >= 15 is 0 Å². The van der Waals surface area contributed by atoms with Crippen LogP contribution in [0.5, 0.6) is 11.5 Å². The van der Waals surface area contributed by atoms with E-state index in [9.17, 15) is 9.59 Å². The molecule has 4 rings (SSSR count). The van der Waals surface area contributed by atoms with Gasteiger partial charge in [-0.1, -0.05) is 24.3 Å². The molecule has 8 heteroatoms. The lowest BCUT2D eigenvalue weighted by Gasteiger charge is -2.18. The Morgan fingerprint density at radius 1 is 0.971 bits per heavy atom. The molecule has 2 aromatic carbocycles. The molecule has 174 valence electrons. The Kier molecular flexibility index (Phi) is 7.08. The van der Waals surface area contributed by atoms with Gasteiger partial charge in [0.05, 0.1) is 50.6 Å². The fourth-order valence-corrected chi connectivity index (χ4v) is 4.48. The van der Waals surface area contributed by atoms with Crippen molar-refractivity contribution in [2.45, 2.75) is 12.5 Å². The largest absolute Gasteiger partial charge is 0.493 e. The molecule has 0 saturated heterocycles. The third-order valence-electron chi connectivity index (χ3n) is 5.43. The molecule has 0 fully saturated rings. The molecular formula is C26H24N2O5S. The average molecular weight is 477 g/mol. The first-order valence-electron chi connectivity index (χ1n) is 10.6. The molecule has 0 unspecified atom stereocenters. The van der Waals surface area contributed by atoms with Crippen LogP contribution in [0.3, 0.4) is 0 Å². The van der Waals surface area contributed by atoms with Crippen LogP contribution in [0.4, 0.5) is 0 Å². The summed E-state index contributed by atoms with van der Waals surface area (Å²) in [6.45, 7) is 0. The number of aromatic nitrogens is 1.